The van der Waals surface area contributed by atoms with E-state index in [1.165, 1.54) is 6.07 Å². The third-order valence-corrected chi connectivity index (χ3v) is 7.49. The highest BCUT2D eigenvalue weighted by Crippen LogP contribution is 2.47. The van der Waals surface area contributed by atoms with E-state index in [-0.39, 0.29) is 18.8 Å². The van der Waals surface area contributed by atoms with Crippen LogP contribution in [0.2, 0.25) is 0 Å². The van der Waals surface area contributed by atoms with Gasteiger partial charge in [0.25, 0.3) is 0 Å². The number of benzene rings is 2. The minimum absolute atomic E-state index is 0.0508. The van der Waals surface area contributed by atoms with Gasteiger partial charge in [0.05, 0.1) is 23.8 Å². The van der Waals surface area contributed by atoms with E-state index < -0.39 is 28.6 Å². The van der Waals surface area contributed by atoms with Gasteiger partial charge in [0.15, 0.2) is 17.2 Å². The van der Waals surface area contributed by atoms with Crippen molar-refractivity contribution < 1.29 is 28.5 Å². The number of H-pyrrole nitrogens is 1. The molecule has 0 unspecified atom stereocenters. The second kappa shape index (κ2) is 8.67. The summed E-state index contributed by atoms with van der Waals surface area (Å²) in [4.78, 5) is 11.7. The van der Waals surface area contributed by atoms with Crippen molar-refractivity contribution in [3.8, 4) is 5.69 Å². The van der Waals surface area contributed by atoms with Gasteiger partial charge >= 0.3 is 5.97 Å². The number of aromatic amines is 1. The summed E-state index contributed by atoms with van der Waals surface area (Å²) in [6.45, 7) is 4.44. The van der Waals surface area contributed by atoms with Crippen molar-refractivity contribution in [3.05, 3.63) is 59.4 Å². The summed E-state index contributed by atoms with van der Waals surface area (Å²) in [5.41, 5.74) is 1.72. The molecule has 7 nitrogen and oxygen atoms in total. The smallest absolute Gasteiger partial charge is 0.335 e. The Morgan fingerprint density at radius 3 is 2.58 bits per heavy atom. The number of aromatic nitrogens is 3. The summed E-state index contributed by atoms with van der Waals surface area (Å²) in [6, 6.07) is 7.84. The highest BCUT2D eigenvalue weighted by Gasteiger charge is 2.43. The molecule has 2 heterocycles. The van der Waals surface area contributed by atoms with E-state index in [2.05, 4.69) is 10.2 Å². The molecule has 0 spiro atoms. The van der Waals surface area contributed by atoms with Gasteiger partial charge in [0.2, 0.25) is 0 Å². The first-order chi connectivity index (χ1) is 17.1. The number of nitrogens with one attached hydrogen (secondary N) is 1. The van der Waals surface area contributed by atoms with Crippen LogP contribution in [0.15, 0.2) is 36.5 Å². The molecule has 0 bridgehead atoms. The topological polar surface area (TPSA) is 100 Å². The highest BCUT2D eigenvalue weighted by atomic mass is 19.2. The zero-order valence-corrected chi connectivity index (χ0v) is 20.4. The normalized spacial score (nSPS) is 20.9. The molecule has 36 heavy (non-hydrogen) atoms. The number of carbonyl (C=O) groups is 1. The number of halogens is 2. The maximum atomic E-state index is 14.5. The Balaban J connectivity index is 1.82. The van der Waals surface area contributed by atoms with Crippen molar-refractivity contribution in [2.45, 2.75) is 56.5 Å². The summed E-state index contributed by atoms with van der Waals surface area (Å²) in [5, 5.41) is 29.1. The van der Waals surface area contributed by atoms with Crippen molar-refractivity contribution in [1.82, 2.24) is 14.8 Å². The van der Waals surface area contributed by atoms with Crippen LogP contribution in [0.5, 0.6) is 0 Å². The first-order valence-corrected chi connectivity index (χ1v) is 12.0. The molecule has 9 heteroatoms. The molecule has 0 aliphatic heterocycles. The predicted octanol–water partition coefficient (Wildman–Crippen LogP) is 5.18. The second-order valence-corrected chi connectivity index (χ2v) is 10.5. The fourth-order valence-corrected chi connectivity index (χ4v) is 5.75. The summed E-state index contributed by atoms with van der Waals surface area (Å²) in [7, 11) is 1.62. The zero-order chi connectivity index (χ0) is 25.8. The minimum atomic E-state index is -1.74. The number of nitrogens with zero attached hydrogens (tertiary/aromatic N) is 2. The Morgan fingerprint density at radius 1 is 1.22 bits per heavy atom. The molecule has 4 aromatic rings. The lowest BCUT2D eigenvalue weighted by molar-refractivity contribution is -0.162. The van der Waals surface area contributed by atoms with Crippen molar-refractivity contribution in [2.75, 3.05) is 13.7 Å². The average molecular weight is 498 g/mol. The van der Waals surface area contributed by atoms with E-state index in [4.69, 9.17) is 4.74 Å². The number of methoxy groups -OCH3 is 1. The van der Waals surface area contributed by atoms with Crippen LogP contribution in [0, 0.1) is 11.6 Å². The van der Waals surface area contributed by atoms with Crippen LogP contribution in [-0.2, 0) is 14.9 Å². The zero-order valence-electron chi connectivity index (χ0n) is 20.4. The van der Waals surface area contributed by atoms with Crippen molar-refractivity contribution in [3.63, 3.8) is 0 Å². The minimum Gasteiger partial charge on any atom is -0.479 e. The fourth-order valence-electron chi connectivity index (χ4n) is 5.75. The Bertz CT molecular complexity index is 1460. The average Bonchev–Trinajstić information content (AvgIpc) is 3.42. The lowest BCUT2D eigenvalue weighted by atomic mass is 9.73. The molecular weight excluding hydrogens is 468 g/mol. The van der Waals surface area contributed by atoms with Crippen LogP contribution in [-0.4, -0.2) is 50.3 Å². The fraction of sp³-hybridized carbons (Fsp3) is 0.407. The number of carboxylic acids is 1. The molecule has 190 valence electrons. The number of hydrogen-bond donors (Lipinski definition) is 3. The quantitative estimate of drug-likeness (QED) is 0.341. The molecule has 1 aliphatic carbocycles. The lowest BCUT2D eigenvalue weighted by Gasteiger charge is -2.35. The Labute approximate surface area is 206 Å². The van der Waals surface area contributed by atoms with Crippen molar-refractivity contribution in [2.24, 2.45) is 0 Å². The maximum absolute atomic E-state index is 14.5. The van der Waals surface area contributed by atoms with Gasteiger partial charge in [-0.2, -0.15) is 5.10 Å². The highest BCUT2D eigenvalue weighted by molar-refractivity contribution is 5.99. The summed E-state index contributed by atoms with van der Waals surface area (Å²) >= 11 is 0. The number of aliphatic hydroxyl groups is 1. The van der Waals surface area contributed by atoms with E-state index in [0.717, 1.165) is 39.1 Å². The molecule has 0 amide bonds. The Morgan fingerprint density at radius 2 is 1.94 bits per heavy atom. The molecule has 0 atom stereocenters. The molecule has 1 aliphatic rings. The molecule has 2 aromatic carbocycles. The molecule has 5 rings (SSSR count). The molecule has 0 saturated heterocycles. The number of aliphatic carboxylic acids is 1. The van der Waals surface area contributed by atoms with Gasteiger partial charge in [-0.3, -0.25) is 5.10 Å². The summed E-state index contributed by atoms with van der Waals surface area (Å²) in [6.07, 6.45) is 2.90. The van der Waals surface area contributed by atoms with E-state index >= 15 is 0 Å². The van der Waals surface area contributed by atoms with Gasteiger partial charge in [-0.15, -0.1) is 0 Å². The Hall–Kier alpha value is -3.30. The molecule has 0 radical (unpaired) electrons. The standard InChI is InChI=1S/C27H29F2N3O4/c1-26(2,14-36-3)24-23(15-6-8-27(35,9-7-15)25(33)34)18-12-21-16(13-30-31-21)10-22(18)32(24)17-4-5-19(28)20(29)11-17/h4-5,10-13,15,35H,6-9,14H2,1-3H3,(H,30,31)(H,33,34). The van der Waals surface area contributed by atoms with E-state index in [1.807, 2.05) is 30.5 Å². The number of ether oxygens (including phenoxy) is 1. The van der Waals surface area contributed by atoms with Gasteiger partial charge in [-0.25, -0.2) is 13.6 Å². The van der Waals surface area contributed by atoms with E-state index in [0.29, 0.717) is 25.1 Å². The van der Waals surface area contributed by atoms with Crippen LogP contribution in [0.1, 0.15) is 56.7 Å². The third kappa shape index (κ3) is 3.87. The number of hydrogen-bond acceptors (Lipinski definition) is 4. The lowest BCUT2D eigenvalue weighted by Crippen LogP contribution is -2.41. The third-order valence-electron chi connectivity index (χ3n) is 7.49. The van der Waals surface area contributed by atoms with Crippen LogP contribution in [0.25, 0.3) is 27.5 Å². The van der Waals surface area contributed by atoms with Gasteiger partial charge in [0, 0.05) is 40.7 Å². The predicted molar refractivity (Wildman–Crippen MR) is 132 cm³/mol. The largest absolute Gasteiger partial charge is 0.479 e. The Kier molecular flexibility index (Phi) is 5.88. The monoisotopic (exact) mass is 497 g/mol. The van der Waals surface area contributed by atoms with Crippen LogP contribution >= 0.6 is 0 Å². The molecular formula is C27H29F2N3O4. The molecule has 1 saturated carbocycles. The second-order valence-electron chi connectivity index (χ2n) is 10.5. The van der Waals surface area contributed by atoms with E-state index in [9.17, 15) is 23.8 Å². The van der Waals surface area contributed by atoms with Crippen LogP contribution in [0.4, 0.5) is 8.78 Å². The molecule has 3 N–H and O–H groups in total. The van der Waals surface area contributed by atoms with Crippen molar-refractivity contribution >= 4 is 27.8 Å². The van der Waals surface area contributed by atoms with Gasteiger partial charge in [-0.05, 0) is 61.4 Å². The maximum Gasteiger partial charge on any atom is 0.335 e. The number of carboxylic acid groups (broad SMARTS) is 1. The first kappa shape index (κ1) is 24.4. The molecule has 2 aromatic heterocycles. The number of fused-ring (bicyclic) bond motifs is 2. The van der Waals surface area contributed by atoms with Gasteiger partial charge < -0.3 is 19.5 Å². The van der Waals surface area contributed by atoms with Crippen LogP contribution < -0.4 is 0 Å². The number of rotatable bonds is 6. The first-order valence-electron chi connectivity index (χ1n) is 12.0. The molecule has 1 fully saturated rings. The summed E-state index contributed by atoms with van der Waals surface area (Å²) < 4.78 is 35.9. The van der Waals surface area contributed by atoms with E-state index in [1.54, 1.807) is 19.4 Å². The van der Waals surface area contributed by atoms with Gasteiger partial charge in [0.1, 0.15) is 0 Å². The van der Waals surface area contributed by atoms with Crippen molar-refractivity contribution in [1.29, 1.82) is 0 Å². The van der Waals surface area contributed by atoms with Gasteiger partial charge in [-0.1, -0.05) is 13.8 Å². The SMILES string of the molecule is COCC(C)(C)c1c(C2CCC(O)(C(=O)O)CC2)c2cc3[nH]ncc3cc2n1-c1ccc(F)c(F)c1. The van der Waals surface area contributed by atoms with Crippen LogP contribution in [0.3, 0.4) is 0 Å². The summed E-state index contributed by atoms with van der Waals surface area (Å²) in [5.74, 6) is -3.12.